The van der Waals surface area contributed by atoms with E-state index < -0.39 is 0 Å². The van der Waals surface area contributed by atoms with Gasteiger partial charge in [0.05, 0.1) is 19.5 Å². The number of hydrogen-bond acceptors (Lipinski definition) is 5. The minimum atomic E-state index is -0.353. The van der Waals surface area contributed by atoms with Gasteiger partial charge in [-0.15, -0.1) is 0 Å². The molecule has 0 radical (unpaired) electrons. The van der Waals surface area contributed by atoms with Crippen LogP contribution in [0.25, 0.3) is 0 Å². The Hall–Kier alpha value is -3.12. The number of carbonyl (C=O) groups is 1. The van der Waals surface area contributed by atoms with Crippen molar-refractivity contribution in [3.63, 3.8) is 0 Å². The summed E-state index contributed by atoms with van der Waals surface area (Å²) in [5, 5.41) is 6.44. The molecule has 2 aromatic carbocycles. The minimum Gasteiger partial charge on any atom is -0.497 e. The minimum absolute atomic E-state index is 0.210. The number of benzene rings is 2. The van der Waals surface area contributed by atoms with Gasteiger partial charge in [0.15, 0.2) is 0 Å². The molecule has 0 saturated carbocycles. The van der Waals surface area contributed by atoms with Crippen molar-refractivity contribution >= 4 is 34.7 Å². The summed E-state index contributed by atoms with van der Waals surface area (Å²) >= 11 is 6.06. The number of aryl methyl sites for hydroxylation is 1. The maximum absolute atomic E-state index is 12.3. The lowest BCUT2D eigenvalue weighted by Crippen LogP contribution is -2.14. The summed E-state index contributed by atoms with van der Waals surface area (Å²) < 4.78 is 5.12. The molecule has 0 atom stereocenters. The molecule has 0 fully saturated rings. The number of ether oxygens (including phenoxy) is 1. The molecule has 0 saturated heterocycles. The van der Waals surface area contributed by atoms with Crippen LogP contribution >= 0.6 is 11.6 Å². The zero-order valence-electron chi connectivity index (χ0n) is 14.3. The van der Waals surface area contributed by atoms with Gasteiger partial charge in [-0.05, 0) is 48.9 Å². The Morgan fingerprint density at radius 1 is 1.04 bits per heavy atom. The Morgan fingerprint density at radius 3 is 2.38 bits per heavy atom. The Morgan fingerprint density at radius 2 is 1.77 bits per heavy atom. The summed E-state index contributed by atoms with van der Waals surface area (Å²) in [6.07, 6.45) is 2.91. The summed E-state index contributed by atoms with van der Waals surface area (Å²) in [7, 11) is 1.61. The fraction of sp³-hybridized carbons (Fsp3) is 0.105. The van der Waals surface area contributed by atoms with Gasteiger partial charge < -0.3 is 15.4 Å². The SMILES string of the molecule is COc1ccc(Nc2cnc(C(=O)Nc3ccc(C)c(Cl)c3)cn2)cc1. The molecule has 0 spiro atoms. The number of hydrogen-bond donors (Lipinski definition) is 2. The lowest BCUT2D eigenvalue weighted by molar-refractivity contribution is 0.102. The fourth-order valence-electron chi connectivity index (χ4n) is 2.20. The van der Waals surface area contributed by atoms with Crippen molar-refractivity contribution in [2.24, 2.45) is 0 Å². The van der Waals surface area contributed by atoms with Gasteiger partial charge in [0.1, 0.15) is 17.3 Å². The van der Waals surface area contributed by atoms with Gasteiger partial charge in [-0.2, -0.15) is 0 Å². The lowest BCUT2D eigenvalue weighted by atomic mass is 10.2. The molecule has 26 heavy (non-hydrogen) atoms. The monoisotopic (exact) mass is 368 g/mol. The van der Waals surface area contributed by atoms with E-state index in [2.05, 4.69) is 20.6 Å². The van der Waals surface area contributed by atoms with Crippen LogP contribution in [0.2, 0.25) is 5.02 Å². The lowest BCUT2D eigenvalue weighted by Gasteiger charge is -2.08. The summed E-state index contributed by atoms with van der Waals surface area (Å²) in [5.74, 6) is 0.948. The molecule has 2 N–H and O–H groups in total. The molecule has 0 aliphatic rings. The molecule has 0 aliphatic carbocycles. The first-order valence-electron chi connectivity index (χ1n) is 7.86. The number of rotatable bonds is 5. The smallest absolute Gasteiger partial charge is 0.275 e. The van der Waals surface area contributed by atoms with Gasteiger partial charge in [0.25, 0.3) is 5.91 Å². The first kappa shape index (κ1) is 17.7. The Balaban J connectivity index is 1.66. The van der Waals surface area contributed by atoms with Gasteiger partial charge in [0, 0.05) is 16.4 Å². The van der Waals surface area contributed by atoms with Gasteiger partial charge in [-0.3, -0.25) is 4.79 Å². The van der Waals surface area contributed by atoms with E-state index in [0.717, 1.165) is 17.0 Å². The first-order valence-corrected chi connectivity index (χ1v) is 8.23. The molecular weight excluding hydrogens is 352 g/mol. The second-order valence-electron chi connectivity index (χ2n) is 5.56. The van der Waals surface area contributed by atoms with Crippen molar-refractivity contribution in [2.75, 3.05) is 17.7 Å². The standard InChI is InChI=1S/C19H17ClN4O2/c1-12-3-4-14(9-16(12)20)24-19(25)17-10-22-18(11-21-17)23-13-5-7-15(26-2)8-6-13/h3-11H,1-2H3,(H,22,23)(H,24,25). The number of nitrogens with zero attached hydrogens (tertiary/aromatic N) is 2. The van der Waals surface area contributed by atoms with Crippen molar-refractivity contribution < 1.29 is 9.53 Å². The van der Waals surface area contributed by atoms with E-state index in [-0.39, 0.29) is 11.6 Å². The van der Waals surface area contributed by atoms with E-state index >= 15 is 0 Å². The van der Waals surface area contributed by atoms with Crippen LogP contribution < -0.4 is 15.4 Å². The van der Waals surface area contributed by atoms with Crippen molar-refractivity contribution in [3.05, 3.63) is 71.1 Å². The molecule has 0 aliphatic heterocycles. The average Bonchev–Trinajstić information content (AvgIpc) is 2.66. The zero-order valence-corrected chi connectivity index (χ0v) is 15.0. The molecule has 7 heteroatoms. The number of aromatic nitrogens is 2. The number of halogens is 1. The Kier molecular flexibility index (Phi) is 5.34. The van der Waals surface area contributed by atoms with Crippen molar-refractivity contribution in [2.45, 2.75) is 6.92 Å². The van der Waals surface area contributed by atoms with Gasteiger partial charge in [0.2, 0.25) is 0 Å². The Bertz CT molecular complexity index is 912. The molecule has 6 nitrogen and oxygen atoms in total. The summed E-state index contributed by atoms with van der Waals surface area (Å²) in [6, 6.07) is 12.7. The van der Waals surface area contributed by atoms with Crippen LogP contribution in [-0.2, 0) is 0 Å². The highest BCUT2D eigenvalue weighted by Crippen LogP contribution is 2.21. The van der Waals surface area contributed by atoms with Crippen molar-refractivity contribution in [1.82, 2.24) is 9.97 Å². The van der Waals surface area contributed by atoms with Crippen molar-refractivity contribution in [3.8, 4) is 5.75 Å². The van der Waals surface area contributed by atoms with E-state index in [1.165, 1.54) is 12.4 Å². The first-order chi connectivity index (χ1) is 12.5. The molecule has 3 rings (SSSR count). The van der Waals surface area contributed by atoms with E-state index in [4.69, 9.17) is 16.3 Å². The van der Waals surface area contributed by atoms with Crippen molar-refractivity contribution in [1.29, 1.82) is 0 Å². The Labute approximate surface area is 156 Å². The van der Waals surface area contributed by atoms with Crippen LogP contribution in [0.1, 0.15) is 16.1 Å². The van der Waals surface area contributed by atoms with Gasteiger partial charge in [-0.25, -0.2) is 9.97 Å². The zero-order chi connectivity index (χ0) is 18.5. The van der Waals surface area contributed by atoms with Crippen LogP contribution in [-0.4, -0.2) is 23.0 Å². The topological polar surface area (TPSA) is 76.1 Å². The summed E-state index contributed by atoms with van der Waals surface area (Å²) in [4.78, 5) is 20.6. The van der Waals surface area contributed by atoms with E-state index in [1.54, 1.807) is 19.2 Å². The van der Waals surface area contributed by atoms with E-state index in [9.17, 15) is 4.79 Å². The second-order valence-corrected chi connectivity index (χ2v) is 5.97. The maximum Gasteiger partial charge on any atom is 0.275 e. The number of amides is 1. The predicted molar refractivity (Wildman–Crippen MR) is 102 cm³/mol. The molecule has 1 aromatic heterocycles. The highest BCUT2D eigenvalue weighted by molar-refractivity contribution is 6.31. The van der Waals surface area contributed by atoms with E-state index in [1.807, 2.05) is 37.3 Å². The quantitative estimate of drug-likeness (QED) is 0.696. The van der Waals surface area contributed by atoms with Crippen LogP contribution in [0.4, 0.5) is 17.2 Å². The average molecular weight is 369 g/mol. The summed E-state index contributed by atoms with van der Waals surface area (Å²) in [5.41, 5.74) is 2.60. The third-order valence-corrected chi connectivity index (χ3v) is 4.08. The molecule has 1 amide bonds. The maximum atomic E-state index is 12.3. The molecule has 132 valence electrons. The van der Waals surface area contributed by atoms with Crippen LogP contribution in [0.15, 0.2) is 54.9 Å². The van der Waals surface area contributed by atoms with Crippen LogP contribution in [0.5, 0.6) is 5.75 Å². The molecule has 1 heterocycles. The number of carbonyl (C=O) groups excluding carboxylic acids is 1. The normalized spacial score (nSPS) is 10.3. The second kappa shape index (κ2) is 7.84. The number of methoxy groups -OCH3 is 1. The third-order valence-electron chi connectivity index (χ3n) is 3.68. The van der Waals surface area contributed by atoms with Gasteiger partial charge in [-0.1, -0.05) is 17.7 Å². The molecule has 3 aromatic rings. The highest BCUT2D eigenvalue weighted by Gasteiger charge is 2.09. The molecular formula is C19H17ClN4O2. The van der Waals surface area contributed by atoms with Gasteiger partial charge >= 0.3 is 0 Å². The third kappa shape index (κ3) is 4.29. The number of anilines is 3. The number of nitrogens with one attached hydrogen (secondary N) is 2. The molecule has 0 unspecified atom stereocenters. The largest absolute Gasteiger partial charge is 0.497 e. The van der Waals surface area contributed by atoms with Crippen LogP contribution in [0, 0.1) is 6.92 Å². The highest BCUT2D eigenvalue weighted by atomic mass is 35.5. The fourth-order valence-corrected chi connectivity index (χ4v) is 2.38. The molecule has 0 bridgehead atoms. The van der Waals surface area contributed by atoms with Crippen LogP contribution in [0.3, 0.4) is 0 Å². The van der Waals surface area contributed by atoms with E-state index in [0.29, 0.717) is 16.5 Å². The summed E-state index contributed by atoms with van der Waals surface area (Å²) in [6.45, 7) is 1.90. The predicted octanol–water partition coefficient (Wildman–Crippen LogP) is 4.44.